The molecule has 2 aliphatic rings. The lowest BCUT2D eigenvalue weighted by molar-refractivity contribution is -0.130. The Kier molecular flexibility index (Phi) is 6.67. The molecule has 38 heavy (non-hydrogen) atoms. The van der Waals surface area contributed by atoms with E-state index in [1.165, 1.54) is 11.3 Å². The molecule has 3 N–H and O–H groups in total. The zero-order valence-electron chi connectivity index (χ0n) is 20.8. The molecule has 198 valence electrons. The van der Waals surface area contributed by atoms with Crippen LogP contribution in [-0.4, -0.2) is 71.1 Å². The van der Waals surface area contributed by atoms with Crippen LogP contribution in [0.25, 0.3) is 32.2 Å². The molecule has 2 aromatic heterocycles. The molecule has 4 heterocycles. The Labute approximate surface area is 227 Å². The normalized spacial score (nSPS) is 18.0. The summed E-state index contributed by atoms with van der Waals surface area (Å²) >= 11 is 8.08. The van der Waals surface area contributed by atoms with Crippen LogP contribution < -0.4 is 20.7 Å². The third-order valence-corrected chi connectivity index (χ3v) is 8.30. The first-order valence-electron chi connectivity index (χ1n) is 12.6. The van der Waals surface area contributed by atoms with Gasteiger partial charge in [-0.3, -0.25) is 4.79 Å². The second-order valence-electron chi connectivity index (χ2n) is 9.53. The monoisotopic (exact) mass is 555 g/mol. The predicted octanol–water partition coefficient (Wildman–Crippen LogP) is 4.08. The van der Waals surface area contributed by atoms with Crippen molar-refractivity contribution in [1.29, 1.82) is 0 Å². The Balaban J connectivity index is 1.47. The SMILES string of the molecule is CC(=O)N1CCC[C@H]1COc1nc(N2CCNCC2)c2cc(Cl)c(-c3cccc4sc(N)nc34)c(F)c2n1. The molecule has 0 unspecified atom stereocenters. The van der Waals surface area contributed by atoms with Gasteiger partial charge in [-0.05, 0) is 25.0 Å². The number of carbonyl (C=O) groups excluding carboxylic acids is 1. The average molecular weight is 556 g/mol. The number of halogens is 2. The van der Waals surface area contributed by atoms with E-state index in [4.69, 9.17) is 27.1 Å². The molecule has 1 amide bonds. The zero-order chi connectivity index (χ0) is 26.4. The third kappa shape index (κ3) is 4.48. The van der Waals surface area contributed by atoms with Crippen LogP contribution in [0.4, 0.5) is 15.3 Å². The minimum absolute atomic E-state index is 0.0132. The zero-order valence-corrected chi connectivity index (χ0v) is 22.4. The number of anilines is 2. The van der Waals surface area contributed by atoms with Gasteiger partial charge in [-0.25, -0.2) is 9.37 Å². The van der Waals surface area contributed by atoms with E-state index in [1.807, 2.05) is 12.1 Å². The molecule has 0 radical (unpaired) electrons. The van der Waals surface area contributed by atoms with Gasteiger partial charge in [0.05, 0.1) is 21.3 Å². The topological polar surface area (TPSA) is 110 Å². The highest BCUT2D eigenvalue weighted by Gasteiger charge is 2.29. The number of likely N-dealkylation sites (tertiary alicyclic amines) is 1. The van der Waals surface area contributed by atoms with Crippen LogP contribution in [0.2, 0.25) is 5.02 Å². The molecule has 2 aromatic carbocycles. The summed E-state index contributed by atoms with van der Waals surface area (Å²) in [6.45, 7) is 5.46. The minimum atomic E-state index is -0.568. The fourth-order valence-corrected chi connectivity index (χ4v) is 6.41. The van der Waals surface area contributed by atoms with E-state index in [2.05, 4.69) is 20.2 Å². The average Bonchev–Trinajstić information content (AvgIpc) is 3.54. The number of nitrogen functional groups attached to an aromatic ring is 1. The van der Waals surface area contributed by atoms with E-state index in [-0.39, 0.29) is 40.7 Å². The predicted molar refractivity (Wildman–Crippen MR) is 149 cm³/mol. The number of fused-ring (bicyclic) bond motifs is 2. The third-order valence-electron chi connectivity index (χ3n) is 7.15. The number of carbonyl (C=O) groups is 1. The molecule has 2 fully saturated rings. The van der Waals surface area contributed by atoms with Crippen molar-refractivity contribution in [3.8, 4) is 17.1 Å². The van der Waals surface area contributed by atoms with Crippen LogP contribution in [0.3, 0.4) is 0 Å². The summed E-state index contributed by atoms with van der Waals surface area (Å²) in [6, 6.07) is 7.24. The van der Waals surface area contributed by atoms with E-state index in [1.54, 1.807) is 24.0 Å². The number of hydrogen-bond acceptors (Lipinski definition) is 9. The van der Waals surface area contributed by atoms with Gasteiger partial charge < -0.3 is 25.6 Å². The number of piperazine rings is 1. The van der Waals surface area contributed by atoms with E-state index >= 15 is 4.39 Å². The fraction of sp³-hybridized carbons (Fsp3) is 0.385. The number of amides is 1. The van der Waals surface area contributed by atoms with Crippen molar-refractivity contribution in [2.75, 3.05) is 50.0 Å². The summed E-state index contributed by atoms with van der Waals surface area (Å²) in [4.78, 5) is 29.5. The molecule has 4 aromatic rings. The van der Waals surface area contributed by atoms with Crippen molar-refractivity contribution in [2.45, 2.75) is 25.8 Å². The van der Waals surface area contributed by atoms with Crippen LogP contribution in [0, 0.1) is 5.82 Å². The van der Waals surface area contributed by atoms with Gasteiger partial charge in [-0.1, -0.05) is 35.1 Å². The molecule has 6 rings (SSSR count). The maximum absolute atomic E-state index is 16.4. The minimum Gasteiger partial charge on any atom is -0.461 e. The highest BCUT2D eigenvalue weighted by molar-refractivity contribution is 7.22. The maximum atomic E-state index is 16.4. The molecule has 0 bridgehead atoms. The first-order chi connectivity index (χ1) is 18.4. The number of para-hydroxylation sites is 1. The molecule has 12 heteroatoms. The highest BCUT2D eigenvalue weighted by atomic mass is 35.5. The van der Waals surface area contributed by atoms with Crippen molar-refractivity contribution in [3.05, 3.63) is 35.1 Å². The second-order valence-corrected chi connectivity index (χ2v) is 11.0. The summed E-state index contributed by atoms with van der Waals surface area (Å²) in [5.74, 6) is 0.0189. The molecule has 1 atom stereocenters. The lowest BCUT2D eigenvalue weighted by Gasteiger charge is -2.30. The van der Waals surface area contributed by atoms with Crippen LogP contribution in [0.15, 0.2) is 24.3 Å². The molecular weight excluding hydrogens is 529 g/mol. The van der Waals surface area contributed by atoms with E-state index in [0.29, 0.717) is 47.1 Å². The van der Waals surface area contributed by atoms with Crippen molar-refractivity contribution in [3.63, 3.8) is 0 Å². The summed E-state index contributed by atoms with van der Waals surface area (Å²) in [5, 5.41) is 4.48. The van der Waals surface area contributed by atoms with Crippen molar-refractivity contribution in [1.82, 2.24) is 25.2 Å². The van der Waals surface area contributed by atoms with Gasteiger partial charge in [-0.15, -0.1) is 0 Å². The lowest BCUT2D eigenvalue weighted by atomic mass is 10.0. The number of thiazole rings is 1. The number of nitrogens with two attached hydrogens (primary N) is 1. The van der Waals surface area contributed by atoms with Crippen LogP contribution >= 0.6 is 22.9 Å². The molecule has 9 nitrogen and oxygen atoms in total. The first-order valence-corrected chi connectivity index (χ1v) is 13.8. The fourth-order valence-electron chi connectivity index (χ4n) is 5.35. The largest absolute Gasteiger partial charge is 0.461 e. The van der Waals surface area contributed by atoms with Gasteiger partial charge in [-0.2, -0.15) is 9.97 Å². The number of ether oxygens (including phenoxy) is 1. The molecule has 0 saturated carbocycles. The Morgan fingerprint density at radius 2 is 2.05 bits per heavy atom. The first kappa shape index (κ1) is 25.0. The quantitative estimate of drug-likeness (QED) is 0.379. The van der Waals surface area contributed by atoms with Gasteiger partial charge >= 0.3 is 6.01 Å². The number of nitrogens with zero attached hydrogens (tertiary/aromatic N) is 5. The Morgan fingerprint density at radius 3 is 2.84 bits per heavy atom. The Morgan fingerprint density at radius 1 is 1.24 bits per heavy atom. The summed E-state index contributed by atoms with van der Waals surface area (Å²) < 4.78 is 23.3. The number of hydrogen-bond donors (Lipinski definition) is 2. The van der Waals surface area contributed by atoms with Crippen LogP contribution in [0.1, 0.15) is 19.8 Å². The van der Waals surface area contributed by atoms with Gasteiger partial charge in [0.1, 0.15) is 17.9 Å². The Bertz CT molecular complexity index is 1540. The summed E-state index contributed by atoms with van der Waals surface area (Å²) in [7, 11) is 0. The molecule has 0 aliphatic carbocycles. The maximum Gasteiger partial charge on any atom is 0.319 e. The number of aromatic nitrogens is 3. The van der Waals surface area contributed by atoms with E-state index < -0.39 is 5.82 Å². The van der Waals surface area contributed by atoms with Gasteiger partial charge in [0.2, 0.25) is 5.91 Å². The van der Waals surface area contributed by atoms with Crippen LogP contribution in [-0.2, 0) is 4.79 Å². The summed E-state index contributed by atoms with van der Waals surface area (Å²) in [6.07, 6.45) is 1.76. The number of rotatable bonds is 5. The smallest absolute Gasteiger partial charge is 0.319 e. The van der Waals surface area contributed by atoms with Gasteiger partial charge in [0.25, 0.3) is 0 Å². The lowest BCUT2D eigenvalue weighted by Crippen LogP contribution is -2.44. The molecule has 2 aliphatic heterocycles. The van der Waals surface area contributed by atoms with Crippen molar-refractivity contribution < 1.29 is 13.9 Å². The standard InChI is InChI=1S/C26H27ClFN7O2S/c1-14(36)35-9-3-4-15(35)13-37-26-32-23-17(24(33-26)34-10-7-30-8-11-34)12-18(27)20(21(23)28)16-5-2-6-19-22(16)31-25(29)38-19/h2,5-6,12,15,30H,3-4,7-11,13H2,1H3,(H2,29,31)/t15-/m0/s1. The summed E-state index contributed by atoms with van der Waals surface area (Å²) in [5.41, 5.74) is 7.42. The molecule has 2 saturated heterocycles. The van der Waals surface area contributed by atoms with Crippen molar-refractivity contribution in [2.24, 2.45) is 0 Å². The van der Waals surface area contributed by atoms with E-state index in [0.717, 1.165) is 30.6 Å². The van der Waals surface area contributed by atoms with Crippen molar-refractivity contribution >= 4 is 60.9 Å². The Hall–Kier alpha value is -3.28. The molecule has 0 spiro atoms. The van der Waals surface area contributed by atoms with E-state index in [9.17, 15) is 4.79 Å². The number of benzene rings is 2. The van der Waals surface area contributed by atoms with Crippen LogP contribution in [0.5, 0.6) is 6.01 Å². The van der Waals surface area contributed by atoms with Gasteiger partial charge in [0, 0.05) is 56.2 Å². The molecular formula is C26H27ClFN7O2S. The second kappa shape index (κ2) is 10.1. The van der Waals surface area contributed by atoms with Gasteiger partial charge in [0.15, 0.2) is 10.9 Å². The highest BCUT2D eigenvalue weighted by Crippen LogP contribution is 2.42. The number of nitrogens with one attached hydrogen (secondary N) is 1.